The number of nitrogens with two attached hydrogens (primary N) is 1. The van der Waals surface area contributed by atoms with Crippen LogP contribution in [0.5, 0.6) is 5.75 Å². The average Bonchev–Trinajstić information content (AvgIpc) is 2.12. The molecule has 1 unspecified atom stereocenters. The number of hydrogen-bond donors (Lipinski definition) is 2. The maximum absolute atomic E-state index is 9.60. The quantitative estimate of drug-likeness (QED) is 0.771. The van der Waals surface area contributed by atoms with Gasteiger partial charge in [-0.05, 0) is 31.4 Å². The van der Waals surface area contributed by atoms with Crippen LogP contribution in [0.3, 0.4) is 0 Å². The SMILES string of the molecule is CCCC(N)Cc1cc(C)ccc1O. The van der Waals surface area contributed by atoms with Crippen LogP contribution >= 0.6 is 0 Å². The van der Waals surface area contributed by atoms with Gasteiger partial charge in [0.05, 0.1) is 0 Å². The first-order valence-corrected chi connectivity index (χ1v) is 5.17. The monoisotopic (exact) mass is 193 g/mol. The van der Waals surface area contributed by atoms with Crippen molar-refractivity contribution >= 4 is 0 Å². The van der Waals surface area contributed by atoms with E-state index in [1.165, 1.54) is 5.56 Å². The van der Waals surface area contributed by atoms with Crippen molar-refractivity contribution in [1.82, 2.24) is 0 Å². The van der Waals surface area contributed by atoms with Gasteiger partial charge in [-0.15, -0.1) is 0 Å². The first-order chi connectivity index (χ1) is 6.63. The molecule has 0 radical (unpaired) electrons. The van der Waals surface area contributed by atoms with Gasteiger partial charge in [0.15, 0.2) is 0 Å². The molecule has 0 amide bonds. The van der Waals surface area contributed by atoms with Crippen molar-refractivity contribution < 1.29 is 5.11 Å². The fourth-order valence-corrected chi connectivity index (χ4v) is 1.63. The van der Waals surface area contributed by atoms with Crippen LogP contribution in [-0.2, 0) is 6.42 Å². The van der Waals surface area contributed by atoms with Gasteiger partial charge in [0.25, 0.3) is 0 Å². The Bertz CT molecular complexity index is 296. The minimum absolute atomic E-state index is 0.160. The third-order valence-electron chi connectivity index (χ3n) is 2.38. The van der Waals surface area contributed by atoms with Gasteiger partial charge in [0.2, 0.25) is 0 Å². The molecule has 0 spiro atoms. The molecule has 14 heavy (non-hydrogen) atoms. The van der Waals surface area contributed by atoms with Crippen molar-refractivity contribution in [3.63, 3.8) is 0 Å². The van der Waals surface area contributed by atoms with Crippen LogP contribution in [0.15, 0.2) is 18.2 Å². The minimum atomic E-state index is 0.160. The van der Waals surface area contributed by atoms with Gasteiger partial charge in [-0.2, -0.15) is 0 Å². The Morgan fingerprint density at radius 2 is 2.14 bits per heavy atom. The van der Waals surface area contributed by atoms with Crippen molar-refractivity contribution in [2.45, 2.75) is 39.2 Å². The van der Waals surface area contributed by atoms with E-state index in [2.05, 4.69) is 6.92 Å². The lowest BCUT2D eigenvalue weighted by molar-refractivity contribution is 0.462. The van der Waals surface area contributed by atoms with Gasteiger partial charge < -0.3 is 10.8 Å². The zero-order valence-corrected chi connectivity index (χ0v) is 8.96. The van der Waals surface area contributed by atoms with E-state index < -0.39 is 0 Å². The highest BCUT2D eigenvalue weighted by Gasteiger charge is 2.06. The fourth-order valence-electron chi connectivity index (χ4n) is 1.63. The summed E-state index contributed by atoms with van der Waals surface area (Å²) < 4.78 is 0. The van der Waals surface area contributed by atoms with Crippen molar-refractivity contribution in [3.8, 4) is 5.75 Å². The zero-order chi connectivity index (χ0) is 10.6. The molecule has 2 heteroatoms. The normalized spacial score (nSPS) is 12.8. The highest BCUT2D eigenvalue weighted by Crippen LogP contribution is 2.20. The smallest absolute Gasteiger partial charge is 0.118 e. The lowest BCUT2D eigenvalue weighted by Crippen LogP contribution is -2.22. The molecule has 0 bridgehead atoms. The van der Waals surface area contributed by atoms with Gasteiger partial charge in [-0.1, -0.05) is 31.0 Å². The maximum Gasteiger partial charge on any atom is 0.118 e. The number of rotatable bonds is 4. The third-order valence-corrected chi connectivity index (χ3v) is 2.38. The summed E-state index contributed by atoms with van der Waals surface area (Å²) >= 11 is 0. The molecular formula is C12H19NO. The Hall–Kier alpha value is -1.02. The largest absolute Gasteiger partial charge is 0.508 e. The van der Waals surface area contributed by atoms with Crippen molar-refractivity contribution in [2.75, 3.05) is 0 Å². The van der Waals surface area contributed by atoms with E-state index in [4.69, 9.17) is 5.73 Å². The predicted octanol–water partition coefficient (Wildman–Crippen LogP) is 2.37. The van der Waals surface area contributed by atoms with Crippen molar-refractivity contribution in [3.05, 3.63) is 29.3 Å². The number of aryl methyl sites for hydroxylation is 1. The van der Waals surface area contributed by atoms with Gasteiger partial charge in [-0.3, -0.25) is 0 Å². The maximum atomic E-state index is 9.60. The highest BCUT2D eigenvalue weighted by molar-refractivity contribution is 5.36. The molecule has 0 aliphatic carbocycles. The lowest BCUT2D eigenvalue weighted by Gasteiger charge is -2.11. The fraction of sp³-hybridized carbons (Fsp3) is 0.500. The summed E-state index contributed by atoms with van der Waals surface area (Å²) in [5, 5.41) is 9.60. The summed E-state index contributed by atoms with van der Waals surface area (Å²) in [7, 11) is 0. The molecule has 0 saturated carbocycles. The van der Waals surface area contributed by atoms with E-state index in [9.17, 15) is 5.11 Å². The number of hydrogen-bond acceptors (Lipinski definition) is 2. The molecule has 3 N–H and O–H groups in total. The Balaban J connectivity index is 2.70. The second kappa shape index (κ2) is 5.01. The van der Waals surface area contributed by atoms with Crippen LogP contribution < -0.4 is 5.73 Å². The van der Waals surface area contributed by atoms with E-state index in [1.54, 1.807) is 6.07 Å². The van der Waals surface area contributed by atoms with Gasteiger partial charge in [0, 0.05) is 6.04 Å². The second-order valence-corrected chi connectivity index (χ2v) is 3.89. The molecule has 0 fully saturated rings. The first kappa shape index (κ1) is 11.1. The number of benzene rings is 1. The van der Waals surface area contributed by atoms with Crippen molar-refractivity contribution in [2.24, 2.45) is 5.73 Å². The topological polar surface area (TPSA) is 46.2 Å². The summed E-state index contributed by atoms with van der Waals surface area (Å²) in [5.74, 6) is 0.363. The molecule has 2 nitrogen and oxygen atoms in total. The molecule has 1 atom stereocenters. The van der Waals surface area contributed by atoms with Crippen LogP contribution in [0.4, 0.5) is 0 Å². The summed E-state index contributed by atoms with van der Waals surface area (Å²) in [6.07, 6.45) is 2.86. The predicted molar refractivity (Wildman–Crippen MR) is 59.4 cm³/mol. The molecule has 0 aromatic heterocycles. The number of phenols is 1. The first-order valence-electron chi connectivity index (χ1n) is 5.17. The molecule has 78 valence electrons. The van der Waals surface area contributed by atoms with Crippen LogP contribution in [0.2, 0.25) is 0 Å². The van der Waals surface area contributed by atoms with E-state index in [-0.39, 0.29) is 6.04 Å². The molecule has 1 rings (SSSR count). The van der Waals surface area contributed by atoms with Crippen LogP contribution in [0.25, 0.3) is 0 Å². The summed E-state index contributed by atoms with van der Waals surface area (Å²) in [6.45, 7) is 4.14. The highest BCUT2D eigenvalue weighted by atomic mass is 16.3. The molecule has 0 aliphatic rings. The summed E-state index contributed by atoms with van der Waals surface area (Å²) in [5.41, 5.74) is 8.06. The van der Waals surface area contributed by atoms with E-state index in [0.717, 1.165) is 24.8 Å². The average molecular weight is 193 g/mol. The van der Waals surface area contributed by atoms with Gasteiger partial charge in [-0.25, -0.2) is 0 Å². The van der Waals surface area contributed by atoms with E-state index in [1.807, 2.05) is 19.1 Å². The molecule has 0 saturated heterocycles. The second-order valence-electron chi connectivity index (χ2n) is 3.89. The van der Waals surface area contributed by atoms with Crippen molar-refractivity contribution in [1.29, 1.82) is 0 Å². The molecule has 1 aromatic rings. The van der Waals surface area contributed by atoms with Crippen LogP contribution in [0, 0.1) is 6.92 Å². The standard InChI is InChI=1S/C12H19NO/c1-3-4-11(13)8-10-7-9(2)5-6-12(10)14/h5-7,11,14H,3-4,8,13H2,1-2H3. The molecule has 0 heterocycles. The lowest BCUT2D eigenvalue weighted by atomic mass is 10.0. The Kier molecular flexibility index (Phi) is 3.96. The number of phenolic OH excluding ortho intramolecular Hbond substituents is 1. The summed E-state index contributed by atoms with van der Waals surface area (Å²) in [4.78, 5) is 0. The molecule has 0 aliphatic heterocycles. The third kappa shape index (κ3) is 3.04. The Morgan fingerprint density at radius 1 is 1.43 bits per heavy atom. The minimum Gasteiger partial charge on any atom is -0.508 e. The Morgan fingerprint density at radius 3 is 2.79 bits per heavy atom. The zero-order valence-electron chi connectivity index (χ0n) is 8.96. The number of aromatic hydroxyl groups is 1. The summed E-state index contributed by atoms with van der Waals surface area (Å²) in [6, 6.07) is 5.81. The van der Waals surface area contributed by atoms with E-state index in [0.29, 0.717) is 5.75 Å². The van der Waals surface area contributed by atoms with E-state index >= 15 is 0 Å². The van der Waals surface area contributed by atoms with Gasteiger partial charge >= 0.3 is 0 Å². The molecular weight excluding hydrogens is 174 g/mol. The Labute approximate surface area is 85.8 Å². The van der Waals surface area contributed by atoms with Crippen LogP contribution in [-0.4, -0.2) is 11.1 Å². The van der Waals surface area contributed by atoms with Crippen LogP contribution in [0.1, 0.15) is 30.9 Å². The van der Waals surface area contributed by atoms with Gasteiger partial charge in [0.1, 0.15) is 5.75 Å². The molecule has 1 aromatic carbocycles.